The number of hydrogen-bond donors (Lipinski definition) is 3. The van der Waals surface area contributed by atoms with Gasteiger partial charge in [-0.1, -0.05) is 32.2 Å². The molecule has 3 N–H and O–H groups in total. The van der Waals surface area contributed by atoms with Gasteiger partial charge in [0.15, 0.2) is 0 Å². The van der Waals surface area contributed by atoms with Crippen molar-refractivity contribution in [2.75, 3.05) is 26.0 Å². The van der Waals surface area contributed by atoms with Gasteiger partial charge in [-0.25, -0.2) is 4.39 Å². The number of allylic oxidation sites excluding steroid dienone is 2. The highest BCUT2D eigenvalue weighted by Gasteiger charge is 2.14. The first kappa shape index (κ1) is 29.7. The Morgan fingerprint density at radius 3 is 2.63 bits per heavy atom. The van der Waals surface area contributed by atoms with Crippen LogP contribution in [0.5, 0.6) is 0 Å². The summed E-state index contributed by atoms with van der Waals surface area (Å²) >= 11 is 0. The number of aryl methyl sites for hydroxylation is 1. The van der Waals surface area contributed by atoms with E-state index < -0.39 is 0 Å². The predicted molar refractivity (Wildman–Crippen MR) is 176 cm³/mol. The Kier molecular flexibility index (Phi) is 8.97. The van der Waals surface area contributed by atoms with Crippen molar-refractivity contribution in [2.45, 2.75) is 33.1 Å². The van der Waals surface area contributed by atoms with Crippen molar-refractivity contribution in [3.05, 3.63) is 101 Å². The van der Waals surface area contributed by atoms with Crippen LogP contribution < -0.4 is 15.9 Å². The summed E-state index contributed by atoms with van der Waals surface area (Å²) in [5.74, 6) is -0.247. The maximum atomic E-state index is 14.7. The van der Waals surface area contributed by atoms with Gasteiger partial charge in [0.2, 0.25) is 0 Å². The first-order valence-electron chi connectivity index (χ1n) is 14.5. The van der Waals surface area contributed by atoms with E-state index in [2.05, 4.69) is 67.6 Å². The van der Waals surface area contributed by atoms with Gasteiger partial charge >= 0.3 is 0 Å². The van der Waals surface area contributed by atoms with Gasteiger partial charge in [-0.05, 0) is 93.9 Å². The molecule has 4 heterocycles. The summed E-state index contributed by atoms with van der Waals surface area (Å²) in [6, 6.07) is 9.33. The van der Waals surface area contributed by atoms with Gasteiger partial charge in [-0.3, -0.25) is 15.1 Å². The molecule has 0 unspecified atom stereocenters. The molecule has 1 aromatic carbocycles. The molecule has 0 saturated carbocycles. The quantitative estimate of drug-likeness (QED) is 0.173. The van der Waals surface area contributed by atoms with Crippen LogP contribution in [0.3, 0.4) is 0 Å². The molecule has 5 aromatic rings. The monoisotopic (exact) mass is 575 g/mol. The fourth-order valence-corrected chi connectivity index (χ4v) is 5.13. The van der Waals surface area contributed by atoms with Crippen molar-refractivity contribution < 1.29 is 4.39 Å². The fourth-order valence-electron chi connectivity index (χ4n) is 5.13. The molecule has 8 heteroatoms. The summed E-state index contributed by atoms with van der Waals surface area (Å²) in [7, 11) is 4.09. The average Bonchev–Trinajstić information content (AvgIpc) is 3.60. The summed E-state index contributed by atoms with van der Waals surface area (Å²) in [6.07, 6.45) is 13.7. The highest BCUT2D eigenvalue weighted by Crippen LogP contribution is 2.32. The number of aromatic amines is 2. The van der Waals surface area contributed by atoms with Crippen LogP contribution in [0.25, 0.3) is 51.1 Å². The molecule has 5 rings (SSSR count). The minimum atomic E-state index is -0.247. The number of H-pyrrole nitrogens is 2. The Labute approximate surface area is 251 Å². The number of rotatable bonds is 11. The van der Waals surface area contributed by atoms with Crippen LogP contribution in [0.4, 0.5) is 10.1 Å². The van der Waals surface area contributed by atoms with E-state index >= 15 is 0 Å². The Balaban J connectivity index is 1.53. The van der Waals surface area contributed by atoms with Gasteiger partial charge in [0.25, 0.3) is 0 Å². The average molecular weight is 576 g/mol. The van der Waals surface area contributed by atoms with Gasteiger partial charge < -0.3 is 15.2 Å². The second kappa shape index (κ2) is 13.0. The van der Waals surface area contributed by atoms with E-state index in [1.54, 1.807) is 36.9 Å². The lowest BCUT2D eigenvalue weighted by Crippen LogP contribution is -2.23. The van der Waals surface area contributed by atoms with Crippen LogP contribution in [0.2, 0.25) is 0 Å². The molecule has 0 fully saturated rings. The molecule has 0 aliphatic carbocycles. The second-order valence-electron chi connectivity index (χ2n) is 11.0. The number of fused-ring (bicyclic) bond motifs is 1. The van der Waals surface area contributed by atoms with E-state index in [1.807, 2.05) is 39.2 Å². The third-order valence-corrected chi connectivity index (χ3v) is 7.44. The molecule has 0 saturated heterocycles. The summed E-state index contributed by atoms with van der Waals surface area (Å²) in [4.78, 5) is 14.5. The van der Waals surface area contributed by atoms with E-state index in [-0.39, 0.29) is 5.82 Å². The number of anilines is 1. The third kappa shape index (κ3) is 6.81. The zero-order valence-electron chi connectivity index (χ0n) is 25.3. The Bertz CT molecular complexity index is 1910. The minimum absolute atomic E-state index is 0.247. The minimum Gasteiger partial charge on any atom is -0.358 e. The molecule has 0 radical (unpaired) electrons. The number of benzene rings is 1. The predicted octanol–water partition coefficient (Wildman–Crippen LogP) is 6.28. The SMILES string of the molecule is C=C(CC)Nc1cncc(C(=C)/C=c2/c(-c3cc4c(-c5cc(F)cc(CCCN(C)C)c5)cncc4[nH]3)n[nH]/c2=C/C)c1. The smallest absolute Gasteiger partial charge is 0.124 e. The van der Waals surface area contributed by atoms with E-state index in [1.165, 1.54) is 0 Å². The van der Waals surface area contributed by atoms with E-state index in [0.717, 1.165) is 97.9 Å². The van der Waals surface area contributed by atoms with Crippen molar-refractivity contribution in [2.24, 2.45) is 0 Å². The highest BCUT2D eigenvalue weighted by atomic mass is 19.1. The molecule has 0 aliphatic heterocycles. The maximum Gasteiger partial charge on any atom is 0.124 e. The molecule has 0 amide bonds. The number of aromatic nitrogens is 5. The van der Waals surface area contributed by atoms with E-state index in [9.17, 15) is 4.39 Å². The highest BCUT2D eigenvalue weighted by molar-refractivity contribution is 5.97. The summed E-state index contributed by atoms with van der Waals surface area (Å²) in [6.45, 7) is 13.3. The zero-order chi connectivity index (χ0) is 30.5. The van der Waals surface area contributed by atoms with Crippen LogP contribution >= 0.6 is 0 Å². The molecular weight excluding hydrogens is 537 g/mol. The molecular formula is C35H38FN7. The number of hydrogen-bond acceptors (Lipinski definition) is 5. The standard InChI is InChI=1S/C35H38FN7/c1-7-23(4)39-28-16-26(18-37-19-28)22(3)12-30-32(8-2)41-42-35(30)33-17-29-31(20-38-21-34(29)40-33)25-13-24(14-27(36)15-25)10-9-11-43(5)6/h8,12-21,39-41H,3-4,7,9-11H2,1-2,5-6H3/b30-12+,32-8+. The van der Waals surface area contributed by atoms with Gasteiger partial charge in [0.1, 0.15) is 11.5 Å². The number of nitrogens with one attached hydrogen (secondary N) is 3. The molecule has 0 atom stereocenters. The van der Waals surface area contributed by atoms with Gasteiger partial charge in [-0.2, -0.15) is 5.10 Å². The molecule has 0 bridgehead atoms. The number of halogens is 1. The van der Waals surface area contributed by atoms with Gasteiger partial charge in [0.05, 0.1) is 34.6 Å². The van der Waals surface area contributed by atoms with Crippen LogP contribution in [0.1, 0.15) is 37.8 Å². The van der Waals surface area contributed by atoms with E-state index in [4.69, 9.17) is 0 Å². The zero-order valence-corrected chi connectivity index (χ0v) is 25.3. The Morgan fingerprint density at radius 1 is 1.05 bits per heavy atom. The topological polar surface area (TPSA) is 85.5 Å². The van der Waals surface area contributed by atoms with Crippen molar-refractivity contribution in [1.82, 2.24) is 30.0 Å². The summed E-state index contributed by atoms with van der Waals surface area (Å²) < 4.78 is 14.7. The number of nitrogens with zero attached hydrogens (tertiary/aromatic N) is 4. The normalized spacial score (nSPS) is 12.4. The third-order valence-electron chi connectivity index (χ3n) is 7.44. The maximum absolute atomic E-state index is 14.7. The molecule has 4 aromatic heterocycles. The van der Waals surface area contributed by atoms with Crippen LogP contribution in [-0.2, 0) is 6.42 Å². The lowest BCUT2D eigenvalue weighted by atomic mass is 9.99. The summed E-state index contributed by atoms with van der Waals surface area (Å²) in [5.41, 5.74) is 8.53. The van der Waals surface area contributed by atoms with Crippen molar-refractivity contribution in [3.8, 4) is 22.5 Å². The van der Waals surface area contributed by atoms with Crippen LogP contribution in [0, 0.1) is 5.82 Å². The van der Waals surface area contributed by atoms with Crippen LogP contribution in [-0.4, -0.2) is 50.7 Å². The first-order valence-corrected chi connectivity index (χ1v) is 14.5. The van der Waals surface area contributed by atoms with Crippen molar-refractivity contribution in [1.29, 1.82) is 0 Å². The first-order chi connectivity index (χ1) is 20.7. The Hall–Kier alpha value is -4.82. The lowest BCUT2D eigenvalue weighted by molar-refractivity contribution is 0.400. The van der Waals surface area contributed by atoms with Crippen molar-refractivity contribution in [3.63, 3.8) is 0 Å². The molecule has 0 spiro atoms. The largest absolute Gasteiger partial charge is 0.358 e. The van der Waals surface area contributed by atoms with Gasteiger partial charge in [-0.15, -0.1) is 0 Å². The molecule has 0 aliphatic rings. The van der Waals surface area contributed by atoms with Gasteiger partial charge in [0, 0.05) is 39.8 Å². The second-order valence-corrected chi connectivity index (χ2v) is 11.0. The van der Waals surface area contributed by atoms with Crippen LogP contribution in [0.15, 0.2) is 74.0 Å². The Morgan fingerprint density at radius 2 is 1.86 bits per heavy atom. The summed E-state index contributed by atoms with van der Waals surface area (Å²) in [5, 5.41) is 13.8. The van der Waals surface area contributed by atoms with Crippen molar-refractivity contribution >= 4 is 34.3 Å². The van der Waals surface area contributed by atoms with E-state index in [0.29, 0.717) is 0 Å². The number of pyridine rings is 2. The molecule has 220 valence electrons. The molecule has 7 nitrogen and oxygen atoms in total. The fraction of sp³-hybridized carbons (Fsp3) is 0.229. The molecule has 43 heavy (non-hydrogen) atoms. The lowest BCUT2D eigenvalue weighted by Gasteiger charge is -2.10.